The maximum absolute atomic E-state index is 7.00. The monoisotopic (exact) mass is 200 g/mol. The summed E-state index contributed by atoms with van der Waals surface area (Å²) in [4.78, 5) is 0. The number of thiophene rings is 1. The summed E-state index contributed by atoms with van der Waals surface area (Å²) in [5.74, 6) is 0. The average molecular weight is 201 g/mol. The number of halogens is 1. The first-order valence-corrected chi connectivity index (χ1v) is 4.70. The molecular weight excluding hydrogens is 192 g/mol. The average Bonchev–Trinajstić information content (AvgIpc) is 2.53. The molecule has 1 nitrogen and oxygen atoms in total. The molecule has 0 unspecified atom stereocenters. The smallest absolute Gasteiger partial charge is 0.101 e. The number of hydrogen-bond acceptors (Lipinski definition) is 2. The number of benzene rings is 1. The molecule has 0 amide bonds. The predicted molar refractivity (Wildman–Crippen MR) is 55.0 cm³/mol. The first kappa shape index (κ1) is 9.52. The van der Waals surface area contributed by atoms with E-state index in [1.54, 1.807) is 11.3 Å². The molecule has 1 heterocycles. The zero-order chi connectivity index (χ0) is 8.97. The standard InChI is InChI=1S/C8H5ClS.CH4O/c9-8-7-4-2-1-3-6(7)5-10-8;1-2/h1-5H;2H,1H3. The number of aliphatic hydroxyl groups is 1. The first-order valence-electron chi connectivity index (χ1n) is 3.44. The van der Waals surface area contributed by atoms with Crippen LogP contribution in [0.1, 0.15) is 0 Å². The van der Waals surface area contributed by atoms with Crippen LogP contribution in [0.4, 0.5) is 0 Å². The molecule has 0 radical (unpaired) electrons. The largest absolute Gasteiger partial charge is 0.400 e. The highest BCUT2D eigenvalue weighted by molar-refractivity contribution is 7.16. The van der Waals surface area contributed by atoms with Crippen LogP contribution in [0.2, 0.25) is 4.34 Å². The van der Waals surface area contributed by atoms with Crippen molar-refractivity contribution in [2.24, 2.45) is 0 Å². The van der Waals surface area contributed by atoms with Gasteiger partial charge in [-0.1, -0.05) is 35.9 Å². The zero-order valence-corrected chi connectivity index (χ0v) is 8.19. The molecule has 0 saturated heterocycles. The summed E-state index contributed by atoms with van der Waals surface area (Å²) in [7, 11) is 1.00. The first-order chi connectivity index (χ1) is 5.88. The van der Waals surface area contributed by atoms with Gasteiger partial charge in [-0.15, -0.1) is 11.3 Å². The van der Waals surface area contributed by atoms with Gasteiger partial charge in [0, 0.05) is 17.9 Å². The van der Waals surface area contributed by atoms with Gasteiger partial charge in [0.05, 0.1) is 0 Å². The van der Waals surface area contributed by atoms with Gasteiger partial charge < -0.3 is 5.11 Å². The molecule has 0 fully saturated rings. The molecule has 0 aliphatic carbocycles. The van der Waals surface area contributed by atoms with Crippen LogP contribution in [0.5, 0.6) is 0 Å². The molecule has 12 heavy (non-hydrogen) atoms. The van der Waals surface area contributed by atoms with E-state index in [-0.39, 0.29) is 0 Å². The quantitative estimate of drug-likeness (QED) is 0.693. The molecule has 0 atom stereocenters. The lowest BCUT2D eigenvalue weighted by atomic mass is 10.2. The number of rotatable bonds is 0. The molecule has 0 aliphatic rings. The third-order valence-corrected chi connectivity index (χ3v) is 2.73. The second-order valence-electron chi connectivity index (χ2n) is 2.10. The highest BCUT2D eigenvalue weighted by Gasteiger charge is 1.97. The SMILES string of the molecule is CO.Clc1scc2ccccc12. The van der Waals surface area contributed by atoms with Crippen LogP contribution in [0, 0.1) is 0 Å². The Balaban J connectivity index is 0.000000336. The van der Waals surface area contributed by atoms with Gasteiger partial charge in [0.25, 0.3) is 0 Å². The Morgan fingerprint density at radius 1 is 1.25 bits per heavy atom. The van der Waals surface area contributed by atoms with Gasteiger partial charge in [-0.2, -0.15) is 0 Å². The van der Waals surface area contributed by atoms with E-state index in [0.29, 0.717) is 0 Å². The molecule has 0 spiro atoms. The van der Waals surface area contributed by atoms with Crippen molar-refractivity contribution >= 4 is 33.7 Å². The summed E-state index contributed by atoms with van der Waals surface area (Å²) in [5.41, 5.74) is 0. The Labute approximate surface area is 80.2 Å². The molecule has 64 valence electrons. The van der Waals surface area contributed by atoms with E-state index in [9.17, 15) is 0 Å². The van der Waals surface area contributed by atoms with Crippen LogP contribution in [0.3, 0.4) is 0 Å². The van der Waals surface area contributed by atoms with Crippen molar-refractivity contribution < 1.29 is 5.11 Å². The Morgan fingerprint density at radius 2 is 1.92 bits per heavy atom. The molecule has 3 heteroatoms. The third kappa shape index (κ3) is 1.78. The van der Waals surface area contributed by atoms with E-state index < -0.39 is 0 Å². The van der Waals surface area contributed by atoms with Gasteiger partial charge in [0.15, 0.2) is 0 Å². The molecule has 2 aromatic rings. The Kier molecular flexibility index (Phi) is 3.53. The fraction of sp³-hybridized carbons (Fsp3) is 0.111. The van der Waals surface area contributed by atoms with E-state index in [1.807, 2.05) is 18.2 Å². The van der Waals surface area contributed by atoms with E-state index >= 15 is 0 Å². The van der Waals surface area contributed by atoms with Crippen LogP contribution in [0.25, 0.3) is 10.8 Å². The van der Waals surface area contributed by atoms with E-state index in [2.05, 4.69) is 11.4 Å². The van der Waals surface area contributed by atoms with Gasteiger partial charge in [-0.05, 0) is 5.39 Å². The molecule has 0 bridgehead atoms. The highest BCUT2D eigenvalue weighted by Crippen LogP contribution is 2.29. The molecular formula is C9H9ClOS. The molecule has 1 N–H and O–H groups in total. The van der Waals surface area contributed by atoms with Crippen molar-refractivity contribution in [2.75, 3.05) is 7.11 Å². The Bertz CT molecular complexity index is 356. The second kappa shape index (κ2) is 4.45. The summed E-state index contributed by atoms with van der Waals surface area (Å²) < 4.78 is 0.885. The summed E-state index contributed by atoms with van der Waals surface area (Å²) in [6, 6.07) is 8.12. The fourth-order valence-electron chi connectivity index (χ4n) is 0.957. The Morgan fingerprint density at radius 3 is 2.58 bits per heavy atom. The van der Waals surface area contributed by atoms with Crippen LogP contribution in [-0.4, -0.2) is 12.2 Å². The van der Waals surface area contributed by atoms with E-state index in [0.717, 1.165) is 16.8 Å². The minimum absolute atomic E-state index is 0.885. The zero-order valence-electron chi connectivity index (χ0n) is 6.62. The maximum Gasteiger partial charge on any atom is 0.101 e. The number of aliphatic hydroxyl groups excluding tert-OH is 1. The van der Waals surface area contributed by atoms with Crippen molar-refractivity contribution in [1.82, 2.24) is 0 Å². The predicted octanol–water partition coefficient (Wildman–Crippen LogP) is 3.16. The number of fused-ring (bicyclic) bond motifs is 1. The van der Waals surface area contributed by atoms with Gasteiger partial charge in [0.1, 0.15) is 4.34 Å². The van der Waals surface area contributed by atoms with Crippen LogP contribution in [0.15, 0.2) is 29.6 Å². The maximum atomic E-state index is 7.00. The molecule has 2 rings (SSSR count). The lowest BCUT2D eigenvalue weighted by Gasteiger charge is -1.85. The normalized spacial score (nSPS) is 9.25. The van der Waals surface area contributed by atoms with Gasteiger partial charge in [0.2, 0.25) is 0 Å². The second-order valence-corrected chi connectivity index (χ2v) is 3.58. The minimum atomic E-state index is 0.885. The minimum Gasteiger partial charge on any atom is -0.400 e. The third-order valence-electron chi connectivity index (χ3n) is 1.46. The molecule has 1 aromatic carbocycles. The van der Waals surface area contributed by atoms with Gasteiger partial charge in [-0.3, -0.25) is 0 Å². The number of hydrogen-bond donors (Lipinski definition) is 1. The van der Waals surface area contributed by atoms with E-state index in [1.165, 1.54) is 5.39 Å². The summed E-state index contributed by atoms with van der Waals surface area (Å²) in [5, 5.41) is 11.5. The molecule has 1 aromatic heterocycles. The van der Waals surface area contributed by atoms with E-state index in [4.69, 9.17) is 16.7 Å². The van der Waals surface area contributed by atoms with Crippen molar-refractivity contribution in [3.8, 4) is 0 Å². The highest BCUT2D eigenvalue weighted by atomic mass is 35.5. The van der Waals surface area contributed by atoms with Crippen LogP contribution < -0.4 is 0 Å². The van der Waals surface area contributed by atoms with Crippen molar-refractivity contribution in [3.63, 3.8) is 0 Å². The lowest BCUT2D eigenvalue weighted by molar-refractivity contribution is 0.399. The topological polar surface area (TPSA) is 20.2 Å². The van der Waals surface area contributed by atoms with Gasteiger partial charge >= 0.3 is 0 Å². The summed E-state index contributed by atoms with van der Waals surface area (Å²) in [6.07, 6.45) is 0. The van der Waals surface area contributed by atoms with Crippen LogP contribution in [-0.2, 0) is 0 Å². The fourth-order valence-corrected chi connectivity index (χ4v) is 2.01. The summed E-state index contributed by atoms with van der Waals surface area (Å²) in [6.45, 7) is 0. The van der Waals surface area contributed by atoms with Crippen LogP contribution >= 0.6 is 22.9 Å². The molecule has 0 aliphatic heterocycles. The van der Waals surface area contributed by atoms with Crippen molar-refractivity contribution in [2.45, 2.75) is 0 Å². The summed E-state index contributed by atoms with van der Waals surface area (Å²) >= 11 is 7.47. The van der Waals surface area contributed by atoms with Crippen molar-refractivity contribution in [3.05, 3.63) is 34.0 Å². The lowest BCUT2D eigenvalue weighted by Crippen LogP contribution is -1.59. The van der Waals surface area contributed by atoms with Crippen molar-refractivity contribution in [1.29, 1.82) is 0 Å². The molecule has 0 saturated carbocycles. The Hall–Kier alpha value is -0.570. The van der Waals surface area contributed by atoms with Gasteiger partial charge in [-0.25, -0.2) is 0 Å².